The maximum atomic E-state index is 12.1. The highest BCUT2D eigenvalue weighted by Crippen LogP contribution is 2.29. The first kappa shape index (κ1) is 11.5. The number of hydrogen-bond donors (Lipinski definition) is 1. The van der Waals surface area contributed by atoms with Crippen LogP contribution in [-0.2, 0) is 6.18 Å². The van der Waals surface area contributed by atoms with E-state index in [2.05, 4.69) is 0 Å². The van der Waals surface area contributed by atoms with E-state index in [-0.39, 0.29) is 5.56 Å². The third kappa shape index (κ3) is 2.69. The van der Waals surface area contributed by atoms with Crippen molar-refractivity contribution in [1.29, 1.82) is 0 Å². The van der Waals surface area contributed by atoms with Gasteiger partial charge in [-0.3, -0.25) is 10.0 Å². The van der Waals surface area contributed by atoms with Crippen molar-refractivity contribution in [2.75, 3.05) is 7.05 Å². The molecule has 1 rings (SSSR count). The van der Waals surface area contributed by atoms with Gasteiger partial charge in [-0.15, -0.1) is 0 Å². The van der Waals surface area contributed by atoms with Crippen molar-refractivity contribution in [2.24, 2.45) is 0 Å². The molecular formula is C9H8F3NO2. The molecular weight excluding hydrogens is 211 g/mol. The molecule has 0 saturated heterocycles. The summed E-state index contributed by atoms with van der Waals surface area (Å²) in [5.74, 6) is -0.760. The van der Waals surface area contributed by atoms with Gasteiger partial charge < -0.3 is 0 Å². The maximum absolute atomic E-state index is 12.1. The Bertz CT molecular complexity index is 357. The second-order valence-electron chi connectivity index (χ2n) is 2.90. The zero-order valence-electron chi connectivity index (χ0n) is 7.75. The van der Waals surface area contributed by atoms with Crippen molar-refractivity contribution in [3.05, 3.63) is 35.4 Å². The summed E-state index contributed by atoms with van der Waals surface area (Å²) < 4.78 is 36.4. The second kappa shape index (κ2) is 3.90. The number of amides is 1. The fourth-order valence-corrected chi connectivity index (χ4v) is 0.989. The van der Waals surface area contributed by atoms with Crippen LogP contribution >= 0.6 is 0 Å². The number of rotatable bonds is 1. The molecule has 0 heterocycles. The quantitative estimate of drug-likeness (QED) is 0.580. The molecule has 1 N–H and O–H groups in total. The number of halogens is 3. The Morgan fingerprint density at radius 3 is 2.07 bits per heavy atom. The lowest BCUT2D eigenvalue weighted by atomic mass is 10.1. The number of benzene rings is 1. The fraction of sp³-hybridized carbons (Fsp3) is 0.222. The number of hydroxylamine groups is 2. The van der Waals surface area contributed by atoms with Crippen molar-refractivity contribution >= 4 is 5.91 Å². The van der Waals surface area contributed by atoms with E-state index < -0.39 is 17.6 Å². The van der Waals surface area contributed by atoms with Gasteiger partial charge in [-0.1, -0.05) is 0 Å². The van der Waals surface area contributed by atoms with Gasteiger partial charge >= 0.3 is 6.18 Å². The van der Waals surface area contributed by atoms with E-state index in [1.165, 1.54) is 0 Å². The van der Waals surface area contributed by atoms with Crippen molar-refractivity contribution in [3.63, 3.8) is 0 Å². The predicted octanol–water partition coefficient (Wildman–Crippen LogP) is 2.17. The van der Waals surface area contributed by atoms with Gasteiger partial charge in [0, 0.05) is 12.6 Å². The number of carbonyl (C=O) groups excluding carboxylic acids is 1. The van der Waals surface area contributed by atoms with Crippen molar-refractivity contribution < 1.29 is 23.2 Å². The van der Waals surface area contributed by atoms with Gasteiger partial charge in [-0.2, -0.15) is 13.2 Å². The summed E-state index contributed by atoms with van der Waals surface area (Å²) in [4.78, 5) is 11.1. The van der Waals surface area contributed by atoms with Crippen LogP contribution in [0.5, 0.6) is 0 Å². The van der Waals surface area contributed by atoms with Gasteiger partial charge in [0.05, 0.1) is 5.56 Å². The smallest absolute Gasteiger partial charge is 0.286 e. The van der Waals surface area contributed by atoms with Gasteiger partial charge in [0.1, 0.15) is 0 Å². The summed E-state index contributed by atoms with van der Waals surface area (Å²) in [6.45, 7) is 0. The molecule has 82 valence electrons. The normalized spacial score (nSPS) is 11.3. The lowest BCUT2D eigenvalue weighted by Crippen LogP contribution is -2.22. The van der Waals surface area contributed by atoms with Gasteiger partial charge in [0.2, 0.25) is 0 Å². The molecule has 15 heavy (non-hydrogen) atoms. The molecule has 0 fully saturated rings. The number of nitrogens with zero attached hydrogens (tertiary/aromatic N) is 1. The van der Waals surface area contributed by atoms with Crippen molar-refractivity contribution in [2.45, 2.75) is 6.18 Å². The van der Waals surface area contributed by atoms with Gasteiger partial charge in [-0.25, -0.2) is 5.06 Å². The molecule has 0 saturated carbocycles. The minimum absolute atomic E-state index is 0.00648. The van der Waals surface area contributed by atoms with Crippen molar-refractivity contribution in [1.82, 2.24) is 5.06 Å². The molecule has 0 bridgehead atoms. The molecule has 0 radical (unpaired) electrons. The largest absolute Gasteiger partial charge is 0.416 e. The van der Waals surface area contributed by atoms with E-state index >= 15 is 0 Å². The van der Waals surface area contributed by atoms with E-state index in [0.29, 0.717) is 5.06 Å². The highest BCUT2D eigenvalue weighted by Gasteiger charge is 2.30. The summed E-state index contributed by atoms with van der Waals surface area (Å²) >= 11 is 0. The minimum atomic E-state index is -4.42. The third-order valence-electron chi connectivity index (χ3n) is 1.75. The Kier molecular flexibility index (Phi) is 2.99. The molecule has 0 spiro atoms. The van der Waals surface area contributed by atoms with Crippen LogP contribution in [0.3, 0.4) is 0 Å². The number of carbonyl (C=O) groups is 1. The standard InChI is InChI=1S/C9H8F3NO2/c1-13(15)8(14)6-2-4-7(5-3-6)9(10,11)12/h2-5,15H,1H3. The Morgan fingerprint density at radius 2 is 1.73 bits per heavy atom. The Hall–Kier alpha value is -1.56. The average molecular weight is 219 g/mol. The Labute approximate surface area is 83.7 Å². The number of hydrogen-bond acceptors (Lipinski definition) is 2. The van der Waals surface area contributed by atoms with Crippen molar-refractivity contribution in [3.8, 4) is 0 Å². The molecule has 6 heteroatoms. The molecule has 0 aliphatic heterocycles. The summed E-state index contributed by atoms with van der Waals surface area (Å²) in [5.41, 5.74) is -0.840. The molecule has 0 aliphatic carbocycles. The fourth-order valence-electron chi connectivity index (χ4n) is 0.989. The van der Waals surface area contributed by atoms with Crippen LogP contribution < -0.4 is 0 Å². The molecule has 0 aliphatic rings. The summed E-state index contributed by atoms with van der Waals surface area (Å²) in [5, 5.41) is 9.07. The van der Waals surface area contributed by atoms with Crippen LogP contribution in [0.1, 0.15) is 15.9 Å². The topological polar surface area (TPSA) is 40.5 Å². The van der Waals surface area contributed by atoms with Crippen LogP contribution in [0.2, 0.25) is 0 Å². The lowest BCUT2D eigenvalue weighted by molar-refractivity contribution is -0.137. The SMILES string of the molecule is CN(O)C(=O)c1ccc(C(F)(F)F)cc1. The van der Waals surface area contributed by atoms with E-state index in [0.717, 1.165) is 31.3 Å². The van der Waals surface area contributed by atoms with E-state index in [1.54, 1.807) is 0 Å². The first-order valence-electron chi connectivity index (χ1n) is 3.96. The maximum Gasteiger partial charge on any atom is 0.416 e. The zero-order chi connectivity index (χ0) is 11.6. The van der Waals surface area contributed by atoms with Gasteiger partial charge in [0.25, 0.3) is 5.91 Å². The summed E-state index contributed by atoms with van der Waals surface area (Å²) in [6, 6.07) is 3.60. The number of alkyl halides is 3. The predicted molar refractivity (Wildman–Crippen MR) is 45.3 cm³/mol. The molecule has 1 amide bonds. The first-order valence-corrected chi connectivity index (χ1v) is 3.96. The second-order valence-corrected chi connectivity index (χ2v) is 2.90. The van der Waals surface area contributed by atoms with Gasteiger partial charge in [-0.05, 0) is 24.3 Å². The lowest BCUT2D eigenvalue weighted by Gasteiger charge is -2.10. The molecule has 0 atom stereocenters. The molecule has 3 nitrogen and oxygen atoms in total. The zero-order valence-corrected chi connectivity index (χ0v) is 7.75. The highest BCUT2D eigenvalue weighted by atomic mass is 19.4. The van der Waals surface area contributed by atoms with Gasteiger partial charge in [0.15, 0.2) is 0 Å². The summed E-state index contributed by atoms with van der Waals surface area (Å²) in [7, 11) is 1.10. The molecule has 1 aromatic carbocycles. The third-order valence-corrected chi connectivity index (χ3v) is 1.75. The monoisotopic (exact) mass is 219 g/mol. The average Bonchev–Trinajstić information content (AvgIpc) is 2.15. The molecule has 1 aromatic rings. The van der Waals surface area contributed by atoms with E-state index in [4.69, 9.17) is 5.21 Å². The van der Waals surface area contributed by atoms with Crippen LogP contribution in [-0.4, -0.2) is 23.2 Å². The molecule has 0 unspecified atom stereocenters. The first-order chi connectivity index (χ1) is 6.82. The Balaban J connectivity index is 2.96. The highest BCUT2D eigenvalue weighted by molar-refractivity contribution is 5.93. The molecule has 0 aromatic heterocycles. The summed E-state index contributed by atoms with van der Waals surface area (Å²) in [6.07, 6.45) is -4.42. The van der Waals surface area contributed by atoms with Crippen LogP contribution in [0.15, 0.2) is 24.3 Å². The van der Waals surface area contributed by atoms with E-state index in [9.17, 15) is 18.0 Å². The van der Waals surface area contributed by atoms with Crippen LogP contribution in [0.25, 0.3) is 0 Å². The van der Waals surface area contributed by atoms with Crippen LogP contribution in [0.4, 0.5) is 13.2 Å². The van der Waals surface area contributed by atoms with Crippen LogP contribution in [0, 0.1) is 0 Å². The Morgan fingerprint density at radius 1 is 1.27 bits per heavy atom. The van der Waals surface area contributed by atoms with E-state index in [1.807, 2.05) is 0 Å². The minimum Gasteiger partial charge on any atom is -0.286 e.